The van der Waals surface area contributed by atoms with Crippen molar-refractivity contribution in [3.8, 4) is 11.1 Å². The molecule has 0 saturated heterocycles. The van der Waals surface area contributed by atoms with Crippen molar-refractivity contribution in [3.63, 3.8) is 0 Å². The molecule has 116 valence electrons. The zero-order valence-corrected chi connectivity index (χ0v) is 16.5. The minimum absolute atomic E-state index is 0.0658. The first-order valence-corrected chi connectivity index (χ1v) is 14.1. The molecular weight excluding hydrogens is 299 g/mol. The van der Waals surface area contributed by atoms with Gasteiger partial charge in [0.25, 0.3) is 0 Å². The van der Waals surface area contributed by atoms with Gasteiger partial charge in [-0.2, -0.15) is 0 Å². The summed E-state index contributed by atoms with van der Waals surface area (Å²) in [5.41, 5.74) is 8.98. The van der Waals surface area contributed by atoms with E-state index in [4.69, 9.17) is 0 Å². The smallest absolute Gasteiger partial charge is 0.0574 e. The number of benzene rings is 2. The fourth-order valence-electron chi connectivity index (χ4n) is 3.72. The second-order valence-electron chi connectivity index (χ2n) is 7.87. The molecule has 1 aliphatic rings. The molecule has 0 aliphatic heterocycles. The van der Waals surface area contributed by atoms with Gasteiger partial charge in [0.1, 0.15) is 0 Å². The van der Waals surface area contributed by atoms with Crippen molar-refractivity contribution >= 4 is 16.0 Å². The van der Waals surface area contributed by atoms with Crippen LogP contribution in [0, 0.1) is 0 Å². The molecule has 0 heterocycles. The Morgan fingerprint density at radius 1 is 0.909 bits per heavy atom. The second kappa shape index (κ2) is 5.62. The third-order valence-corrected chi connectivity index (χ3v) is 9.27. The summed E-state index contributed by atoms with van der Waals surface area (Å²) >= 11 is 0. The Bertz CT molecular complexity index is 697. The van der Waals surface area contributed by atoms with E-state index < -0.39 is 8.07 Å². The van der Waals surface area contributed by atoms with Crippen LogP contribution in [0.25, 0.3) is 11.1 Å². The highest BCUT2D eigenvalue weighted by Gasteiger charge is 2.37. The Kier molecular flexibility index (Phi) is 4.08. The van der Waals surface area contributed by atoms with Crippen molar-refractivity contribution in [3.05, 3.63) is 59.2 Å². The SMILES string of the molecule is CC(c1ccc2c(c1)C([Si](C)(C)C)c1ccccc1-2)P(C)C. The van der Waals surface area contributed by atoms with Gasteiger partial charge in [0.2, 0.25) is 0 Å². The van der Waals surface area contributed by atoms with E-state index in [9.17, 15) is 0 Å². The van der Waals surface area contributed by atoms with E-state index in [1.807, 2.05) is 0 Å². The topological polar surface area (TPSA) is 0 Å². The fourth-order valence-corrected chi connectivity index (χ4v) is 6.83. The molecular formula is C20H27PSi. The highest BCUT2D eigenvalue weighted by molar-refractivity contribution is 7.56. The van der Waals surface area contributed by atoms with E-state index in [2.05, 4.69) is 82.4 Å². The average molecular weight is 326 g/mol. The summed E-state index contributed by atoms with van der Waals surface area (Å²) in [7, 11) is -1.24. The van der Waals surface area contributed by atoms with Gasteiger partial charge < -0.3 is 0 Å². The lowest BCUT2D eigenvalue weighted by Crippen LogP contribution is -2.30. The van der Waals surface area contributed by atoms with Crippen LogP contribution in [0.3, 0.4) is 0 Å². The molecule has 2 heteroatoms. The zero-order chi connectivity index (χ0) is 16.1. The van der Waals surface area contributed by atoms with Crippen LogP contribution < -0.4 is 0 Å². The molecule has 0 aromatic heterocycles. The summed E-state index contributed by atoms with van der Waals surface area (Å²) in [6, 6.07) is 16.3. The second-order valence-corrected chi connectivity index (χ2v) is 15.9. The highest BCUT2D eigenvalue weighted by atomic mass is 31.1. The van der Waals surface area contributed by atoms with Gasteiger partial charge in [-0.05, 0) is 41.1 Å². The largest absolute Gasteiger partial charge is 0.106 e. The molecule has 22 heavy (non-hydrogen) atoms. The molecule has 2 aromatic rings. The van der Waals surface area contributed by atoms with Crippen LogP contribution in [0.5, 0.6) is 0 Å². The number of hydrogen-bond donors (Lipinski definition) is 0. The van der Waals surface area contributed by atoms with Crippen LogP contribution >= 0.6 is 7.92 Å². The normalized spacial score (nSPS) is 18.2. The Hall–Kier alpha value is -0.913. The van der Waals surface area contributed by atoms with Crippen molar-refractivity contribution < 1.29 is 0 Å². The molecule has 2 unspecified atom stereocenters. The zero-order valence-electron chi connectivity index (χ0n) is 14.6. The Labute approximate surface area is 137 Å². The van der Waals surface area contributed by atoms with Gasteiger partial charge in [0.05, 0.1) is 8.07 Å². The molecule has 0 fully saturated rings. The molecule has 0 nitrogen and oxygen atoms in total. The standard InChI is InChI=1S/C20H27PSi/c1-14(21(2)3)15-11-12-17-16-9-7-8-10-18(16)20(19(17)13-15)22(4,5)6/h7-14,20H,1-6H3. The van der Waals surface area contributed by atoms with Gasteiger partial charge in [-0.1, -0.05) is 69.0 Å². The van der Waals surface area contributed by atoms with E-state index >= 15 is 0 Å². The van der Waals surface area contributed by atoms with Crippen molar-refractivity contribution in [1.82, 2.24) is 0 Å². The predicted molar refractivity (Wildman–Crippen MR) is 104 cm³/mol. The lowest BCUT2D eigenvalue weighted by atomic mass is 10.0. The summed E-state index contributed by atoms with van der Waals surface area (Å²) in [5.74, 6) is 0. The minimum atomic E-state index is -1.31. The van der Waals surface area contributed by atoms with E-state index in [0.29, 0.717) is 11.2 Å². The molecule has 0 N–H and O–H groups in total. The average Bonchev–Trinajstić information content (AvgIpc) is 2.79. The van der Waals surface area contributed by atoms with Gasteiger partial charge in [-0.15, -0.1) is 7.92 Å². The van der Waals surface area contributed by atoms with Crippen LogP contribution in [-0.4, -0.2) is 21.4 Å². The van der Waals surface area contributed by atoms with Crippen molar-refractivity contribution in [2.45, 2.75) is 37.8 Å². The molecule has 0 bridgehead atoms. The third kappa shape index (κ3) is 2.59. The number of rotatable bonds is 3. The van der Waals surface area contributed by atoms with Crippen LogP contribution in [-0.2, 0) is 0 Å². The number of hydrogen-bond acceptors (Lipinski definition) is 0. The quantitative estimate of drug-likeness (QED) is 0.447. The summed E-state index contributed by atoms with van der Waals surface area (Å²) in [6.45, 7) is 14.7. The fraction of sp³-hybridized carbons (Fsp3) is 0.400. The number of fused-ring (bicyclic) bond motifs is 3. The first-order valence-electron chi connectivity index (χ1n) is 8.20. The molecule has 0 radical (unpaired) electrons. The summed E-state index contributed by atoms with van der Waals surface area (Å²) in [5, 5.41) is 0. The van der Waals surface area contributed by atoms with E-state index in [1.54, 1.807) is 11.1 Å². The summed E-state index contributed by atoms with van der Waals surface area (Å²) < 4.78 is 0. The van der Waals surface area contributed by atoms with Crippen molar-refractivity contribution in [2.75, 3.05) is 13.3 Å². The van der Waals surface area contributed by atoms with Crippen molar-refractivity contribution in [1.29, 1.82) is 0 Å². The molecule has 0 saturated carbocycles. The minimum Gasteiger partial charge on any atom is -0.106 e. The molecule has 0 spiro atoms. The van der Waals surface area contributed by atoms with Crippen LogP contribution in [0.15, 0.2) is 42.5 Å². The maximum absolute atomic E-state index is 2.53. The molecule has 1 aliphatic carbocycles. The lowest BCUT2D eigenvalue weighted by molar-refractivity contribution is 1.05. The Morgan fingerprint density at radius 2 is 1.55 bits per heavy atom. The van der Waals surface area contributed by atoms with Crippen LogP contribution in [0.1, 0.15) is 34.8 Å². The maximum Gasteiger partial charge on any atom is 0.0574 e. The predicted octanol–water partition coefficient (Wildman–Crippen LogP) is 6.48. The molecule has 2 atom stereocenters. The van der Waals surface area contributed by atoms with E-state index in [-0.39, 0.29) is 7.92 Å². The third-order valence-electron chi connectivity index (χ3n) is 5.07. The lowest BCUT2D eigenvalue weighted by Gasteiger charge is -2.28. The van der Waals surface area contributed by atoms with E-state index in [1.165, 1.54) is 16.7 Å². The summed E-state index contributed by atoms with van der Waals surface area (Å²) in [4.78, 5) is 0. The molecule has 0 amide bonds. The molecule has 2 aromatic carbocycles. The first kappa shape index (κ1) is 16.0. The summed E-state index contributed by atoms with van der Waals surface area (Å²) in [6.07, 6.45) is 0. The Morgan fingerprint density at radius 3 is 2.18 bits per heavy atom. The maximum atomic E-state index is 2.53. The van der Waals surface area contributed by atoms with E-state index in [0.717, 1.165) is 0 Å². The van der Waals surface area contributed by atoms with Gasteiger partial charge >= 0.3 is 0 Å². The van der Waals surface area contributed by atoms with Gasteiger partial charge in [-0.25, -0.2) is 0 Å². The van der Waals surface area contributed by atoms with Gasteiger partial charge in [0.15, 0.2) is 0 Å². The molecule has 3 rings (SSSR count). The van der Waals surface area contributed by atoms with Crippen molar-refractivity contribution in [2.24, 2.45) is 0 Å². The van der Waals surface area contributed by atoms with Gasteiger partial charge in [-0.3, -0.25) is 0 Å². The van der Waals surface area contributed by atoms with Crippen LogP contribution in [0.2, 0.25) is 19.6 Å². The monoisotopic (exact) mass is 326 g/mol. The van der Waals surface area contributed by atoms with Gasteiger partial charge in [0, 0.05) is 11.2 Å². The Balaban J connectivity index is 2.18. The van der Waals surface area contributed by atoms with Crippen LogP contribution in [0.4, 0.5) is 0 Å². The highest BCUT2D eigenvalue weighted by Crippen LogP contribution is 2.51. The first-order chi connectivity index (χ1) is 10.3.